The van der Waals surface area contributed by atoms with Crippen LogP contribution < -0.4 is 14.9 Å². The van der Waals surface area contributed by atoms with Crippen molar-refractivity contribution >= 4 is 37.5 Å². The van der Waals surface area contributed by atoms with Crippen LogP contribution in [0.25, 0.3) is 0 Å². The zero-order valence-electron chi connectivity index (χ0n) is 11.6. The van der Waals surface area contributed by atoms with E-state index >= 15 is 0 Å². The molecule has 0 bridgehead atoms. The molecular formula is C12H18BrN3O3S. The summed E-state index contributed by atoms with van der Waals surface area (Å²) in [5.41, 5.74) is 0.756. The molecule has 20 heavy (non-hydrogen) atoms. The third kappa shape index (κ3) is 4.46. The number of benzene rings is 1. The summed E-state index contributed by atoms with van der Waals surface area (Å²) in [5.74, 6) is -0.365. The minimum Gasteiger partial charge on any atom is -0.378 e. The fourth-order valence-electron chi connectivity index (χ4n) is 1.47. The molecule has 0 unspecified atom stereocenters. The lowest BCUT2D eigenvalue weighted by atomic mass is 10.3. The summed E-state index contributed by atoms with van der Waals surface area (Å²) in [6.45, 7) is 1.94. The van der Waals surface area contributed by atoms with Crippen LogP contribution in [0.5, 0.6) is 0 Å². The summed E-state index contributed by atoms with van der Waals surface area (Å²) >= 11 is 3.21. The van der Waals surface area contributed by atoms with Gasteiger partial charge in [-0.15, -0.1) is 0 Å². The predicted molar refractivity (Wildman–Crippen MR) is 82.3 cm³/mol. The first-order valence-electron chi connectivity index (χ1n) is 6.01. The van der Waals surface area contributed by atoms with Crippen LogP contribution in [0.15, 0.2) is 27.6 Å². The van der Waals surface area contributed by atoms with Crippen molar-refractivity contribution in [3.05, 3.63) is 22.7 Å². The van der Waals surface area contributed by atoms with Crippen LogP contribution in [0.1, 0.15) is 6.92 Å². The van der Waals surface area contributed by atoms with E-state index in [-0.39, 0.29) is 17.3 Å². The standard InChI is InChI=1S/C12H18BrN3O3S/c1-4-14-12(17)8-15-20(18,19)11-7-9(16(2)3)5-6-10(11)13/h5-7,15H,4,8H2,1-3H3,(H,14,17). The van der Waals surface area contributed by atoms with Gasteiger partial charge in [-0.2, -0.15) is 0 Å². The van der Waals surface area contributed by atoms with Gasteiger partial charge in [0.15, 0.2) is 0 Å². The maximum atomic E-state index is 12.2. The van der Waals surface area contributed by atoms with Crippen molar-refractivity contribution in [2.75, 3.05) is 32.1 Å². The Bertz CT molecular complexity index is 588. The lowest BCUT2D eigenvalue weighted by Gasteiger charge is -2.15. The highest BCUT2D eigenvalue weighted by atomic mass is 79.9. The highest BCUT2D eigenvalue weighted by molar-refractivity contribution is 9.10. The third-order valence-corrected chi connectivity index (χ3v) is 4.91. The van der Waals surface area contributed by atoms with Gasteiger partial charge in [-0.05, 0) is 41.1 Å². The van der Waals surface area contributed by atoms with Gasteiger partial charge < -0.3 is 10.2 Å². The van der Waals surface area contributed by atoms with Crippen molar-refractivity contribution in [2.45, 2.75) is 11.8 Å². The first kappa shape index (κ1) is 16.9. The van der Waals surface area contributed by atoms with E-state index in [1.54, 1.807) is 30.0 Å². The monoisotopic (exact) mass is 363 g/mol. The molecule has 1 amide bonds. The number of anilines is 1. The Morgan fingerprint density at radius 2 is 2.00 bits per heavy atom. The Balaban J connectivity index is 2.97. The number of halogens is 1. The molecule has 0 aliphatic rings. The Morgan fingerprint density at radius 1 is 1.35 bits per heavy atom. The Hall–Kier alpha value is -1.12. The molecule has 6 nitrogen and oxygen atoms in total. The quantitative estimate of drug-likeness (QED) is 0.787. The van der Waals surface area contributed by atoms with Crippen LogP contribution in [0.4, 0.5) is 5.69 Å². The topological polar surface area (TPSA) is 78.5 Å². The van der Waals surface area contributed by atoms with E-state index in [2.05, 4.69) is 26.0 Å². The Kier molecular flexibility index (Phi) is 5.97. The van der Waals surface area contributed by atoms with Crippen molar-refractivity contribution in [1.82, 2.24) is 10.0 Å². The second-order valence-corrected chi connectivity index (χ2v) is 6.88. The van der Waals surface area contributed by atoms with Crippen LogP contribution in [0.2, 0.25) is 0 Å². The SMILES string of the molecule is CCNC(=O)CNS(=O)(=O)c1cc(N(C)C)ccc1Br. The van der Waals surface area contributed by atoms with E-state index in [0.29, 0.717) is 11.0 Å². The fraction of sp³-hybridized carbons (Fsp3) is 0.417. The average molecular weight is 364 g/mol. The summed E-state index contributed by atoms with van der Waals surface area (Å²) in [7, 11) is -0.102. The van der Waals surface area contributed by atoms with Crippen LogP contribution in [0.3, 0.4) is 0 Å². The number of nitrogens with one attached hydrogen (secondary N) is 2. The number of likely N-dealkylation sites (N-methyl/N-ethyl adjacent to an activating group) is 1. The lowest BCUT2D eigenvalue weighted by Crippen LogP contribution is -2.36. The molecule has 0 atom stereocenters. The molecule has 0 aliphatic heterocycles. The smallest absolute Gasteiger partial charge is 0.242 e. The maximum absolute atomic E-state index is 12.2. The third-order valence-electron chi connectivity index (χ3n) is 2.52. The largest absolute Gasteiger partial charge is 0.378 e. The van der Waals surface area contributed by atoms with Crippen LogP contribution in [-0.4, -0.2) is 41.5 Å². The van der Waals surface area contributed by atoms with Crippen molar-refractivity contribution in [1.29, 1.82) is 0 Å². The second-order valence-electron chi connectivity index (χ2n) is 4.29. The molecule has 1 rings (SSSR count). The second kappa shape index (κ2) is 7.05. The van der Waals surface area contributed by atoms with Gasteiger partial charge in [0.25, 0.3) is 0 Å². The van der Waals surface area contributed by atoms with Gasteiger partial charge in [0.05, 0.1) is 11.4 Å². The van der Waals surface area contributed by atoms with E-state index < -0.39 is 10.0 Å². The highest BCUT2D eigenvalue weighted by Crippen LogP contribution is 2.26. The molecular weight excluding hydrogens is 346 g/mol. The van der Waals surface area contributed by atoms with Crippen molar-refractivity contribution in [3.63, 3.8) is 0 Å². The summed E-state index contributed by atoms with van der Waals surface area (Å²) in [4.78, 5) is 13.2. The van der Waals surface area contributed by atoms with E-state index in [1.807, 2.05) is 14.1 Å². The number of hydrogen-bond donors (Lipinski definition) is 2. The highest BCUT2D eigenvalue weighted by Gasteiger charge is 2.19. The zero-order chi connectivity index (χ0) is 15.3. The molecule has 0 aromatic heterocycles. The zero-order valence-corrected chi connectivity index (χ0v) is 14.0. The number of sulfonamides is 1. The van der Waals surface area contributed by atoms with Crippen molar-refractivity contribution < 1.29 is 13.2 Å². The number of carbonyl (C=O) groups is 1. The van der Waals surface area contributed by atoms with E-state index in [0.717, 1.165) is 5.69 Å². The van der Waals surface area contributed by atoms with Gasteiger partial charge in [-0.3, -0.25) is 4.79 Å². The minimum atomic E-state index is -3.74. The van der Waals surface area contributed by atoms with Crippen molar-refractivity contribution in [2.24, 2.45) is 0 Å². The van der Waals surface area contributed by atoms with Gasteiger partial charge in [0.2, 0.25) is 15.9 Å². The number of hydrogen-bond acceptors (Lipinski definition) is 4. The fourth-order valence-corrected chi connectivity index (χ4v) is 3.44. The van der Waals surface area contributed by atoms with Gasteiger partial charge in [-0.1, -0.05) is 0 Å². The molecule has 112 valence electrons. The average Bonchev–Trinajstić information content (AvgIpc) is 2.37. The normalized spacial score (nSPS) is 11.2. The van der Waals surface area contributed by atoms with Crippen LogP contribution >= 0.6 is 15.9 Å². The summed E-state index contributed by atoms with van der Waals surface area (Å²) in [5, 5.41) is 2.53. The summed E-state index contributed by atoms with van der Waals surface area (Å²) in [6, 6.07) is 5.01. The lowest BCUT2D eigenvalue weighted by molar-refractivity contribution is -0.119. The first-order valence-corrected chi connectivity index (χ1v) is 8.28. The Labute approximate surface area is 127 Å². The van der Waals surface area contributed by atoms with Gasteiger partial charge in [-0.25, -0.2) is 13.1 Å². The molecule has 8 heteroatoms. The number of amides is 1. The summed E-state index contributed by atoms with van der Waals surface area (Å²) in [6.07, 6.45) is 0. The van der Waals surface area contributed by atoms with Gasteiger partial charge in [0.1, 0.15) is 0 Å². The van der Waals surface area contributed by atoms with Crippen molar-refractivity contribution in [3.8, 4) is 0 Å². The molecule has 0 aliphatic carbocycles. The number of rotatable bonds is 6. The van der Waals surface area contributed by atoms with E-state index in [4.69, 9.17) is 0 Å². The molecule has 1 aromatic rings. The Morgan fingerprint density at radius 3 is 2.55 bits per heavy atom. The molecule has 0 fully saturated rings. The first-order chi connectivity index (χ1) is 9.27. The van der Waals surface area contributed by atoms with Gasteiger partial charge >= 0.3 is 0 Å². The maximum Gasteiger partial charge on any atom is 0.242 e. The molecule has 1 aromatic carbocycles. The number of nitrogens with zero attached hydrogens (tertiary/aromatic N) is 1. The number of carbonyl (C=O) groups excluding carboxylic acids is 1. The van der Waals surface area contributed by atoms with Gasteiger partial charge in [0, 0.05) is 30.8 Å². The predicted octanol–water partition coefficient (Wildman–Crippen LogP) is 0.930. The minimum absolute atomic E-state index is 0.105. The molecule has 0 radical (unpaired) electrons. The molecule has 2 N–H and O–H groups in total. The summed E-state index contributed by atoms with van der Waals surface area (Å²) < 4.78 is 27.1. The van der Waals surface area contributed by atoms with Crippen LogP contribution in [0, 0.1) is 0 Å². The molecule has 0 spiro atoms. The molecule has 0 heterocycles. The molecule has 0 saturated carbocycles. The van der Waals surface area contributed by atoms with E-state index in [1.165, 1.54) is 0 Å². The molecule has 0 saturated heterocycles. The van der Waals surface area contributed by atoms with E-state index in [9.17, 15) is 13.2 Å². The van der Waals surface area contributed by atoms with Crippen LogP contribution in [-0.2, 0) is 14.8 Å².